The topological polar surface area (TPSA) is 77.3 Å². The van der Waals surface area contributed by atoms with E-state index in [1.807, 2.05) is 0 Å². The Balaban J connectivity index is 0.00000121. The van der Waals surface area contributed by atoms with Crippen molar-refractivity contribution >= 4 is 35.7 Å². The summed E-state index contributed by atoms with van der Waals surface area (Å²) >= 11 is 5.53. The van der Waals surface area contributed by atoms with Crippen molar-refractivity contribution in [1.82, 2.24) is 4.98 Å². The Bertz CT molecular complexity index is 265. The molecule has 0 saturated carbocycles. The first-order valence-corrected chi connectivity index (χ1v) is 3.27. The summed E-state index contributed by atoms with van der Waals surface area (Å²) in [5.41, 5.74) is 10.9. The van der Waals surface area contributed by atoms with Crippen LogP contribution in [0.1, 0.15) is 0 Å². The molecule has 4 N–H and O–H groups in total. The number of aliphatic imine (C=N–C) groups is 1. The highest BCUT2D eigenvalue weighted by Gasteiger charge is 1.90. The molecule has 1 rings (SSSR count). The lowest BCUT2D eigenvalue weighted by Gasteiger charge is -1.92. The second-order valence-corrected chi connectivity index (χ2v) is 2.26. The highest BCUT2D eigenvalue weighted by atomic mass is 35.5. The third kappa shape index (κ3) is 3.41. The van der Waals surface area contributed by atoms with Crippen LogP contribution in [0, 0.1) is 0 Å². The van der Waals surface area contributed by atoms with Gasteiger partial charge < -0.3 is 11.5 Å². The minimum absolute atomic E-state index is 0. The predicted molar refractivity (Wildman–Crippen MR) is 52.0 cm³/mol. The second-order valence-electron chi connectivity index (χ2n) is 1.88. The Morgan fingerprint density at radius 1 is 1.42 bits per heavy atom. The number of aromatic nitrogens is 1. The number of rotatable bonds is 1. The molecular weight excluding hydrogens is 199 g/mol. The average Bonchev–Trinajstić information content (AvgIpc) is 1.93. The summed E-state index contributed by atoms with van der Waals surface area (Å²) in [6, 6.07) is 3.29. The van der Waals surface area contributed by atoms with E-state index >= 15 is 0 Å². The molecule has 0 aromatic carbocycles. The molecule has 0 aliphatic rings. The third-order valence-electron chi connectivity index (χ3n) is 0.970. The van der Waals surface area contributed by atoms with Crippen molar-refractivity contribution in [3.8, 4) is 0 Å². The van der Waals surface area contributed by atoms with Crippen molar-refractivity contribution in [2.45, 2.75) is 0 Å². The molecule has 0 radical (unpaired) electrons. The van der Waals surface area contributed by atoms with Crippen LogP contribution in [0.25, 0.3) is 0 Å². The summed E-state index contributed by atoms with van der Waals surface area (Å²) in [6.45, 7) is 0. The Morgan fingerprint density at radius 2 is 2.08 bits per heavy atom. The normalized spacial score (nSPS) is 8.42. The lowest BCUT2D eigenvalue weighted by Crippen LogP contribution is -2.21. The van der Waals surface area contributed by atoms with Crippen LogP contribution < -0.4 is 11.5 Å². The van der Waals surface area contributed by atoms with Crippen LogP contribution in [0.2, 0.25) is 5.15 Å². The van der Waals surface area contributed by atoms with Gasteiger partial charge in [-0.1, -0.05) is 11.6 Å². The highest BCUT2D eigenvalue weighted by molar-refractivity contribution is 6.29. The van der Waals surface area contributed by atoms with Gasteiger partial charge in [-0.3, -0.25) is 0 Å². The predicted octanol–water partition coefficient (Wildman–Crippen LogP) is 1.06. The highest BCUT2D eigenvalue weighted by Crippen LogP contribution is 2.11. The van der Waals surface area contributed by atoms with E-state index in [4.69, 9.17) is 23.1 Å². The molecule has 0 spiro atoms. The number of hydrogen-bond acceptors (Lipinski definition) is 2. The number of pyridine rings is 1. The van der Waals surface area contributed by atoms with E-state index in [1.54, 1.807) is 12.1 Å². The van der Waals surface area contributed by atoms with Crippen LogP contribution in [-0.2, 0) is 0 Å². The molecule has 0 fully saturated rings. The first-order chi connectivity index (χ1) is 5.18. The first kappa shape index (κ1) is 11.0. The van der Waals surface area contributed by atoms with Gasteiger partial charge in [0.15, 0.2) is 5.96 Å². The molecule has 0 bridgehead atoms. The van der Waals surface area contributed by atoms with E-state index in [0.717, 1.165) is 0 Å². The maximum absolute atomic E-state index is 5.53. The van der Waals surface area contributed by atoms with E-state index in [0.29, 0.717) is 10.8 Å². The average molecular weight is 207 g/mol. The van der Waals surface area contributed by atoms with Gasteiger partial charge >= 0.3 is 0 Å². The van der Waals surface area contributed by atoms with Gasteiger partial charge in [0.05, 0.1) is 11.9 Å². The molecule has 0 amide bonds. The van der Waals surface area contributed by atoms with E-state index < -0.39 is 0 Å². The van der Waals surface area contributed by atoms with Crippen LogP contribution in [-0.4, -0.2) is 10.9 Å². The molecule has 1 aromatic heterocycles. The molecule has 1 heterocycles. The summed E-state index contributed by atoms with van der Waals surface area (Å²) in [7, 11) is 0. The maximum atomic E-state index is 5.53. The van der Waals surface area contributed by atoms with Crippen LogP contribution in [0.4, 0.5) is 5.69 Å². The van der Waals surface area contributed by atoms with Gasteiger partial charge in [0.2, 0.25) is 0 Å². The molecule has 0 atom stereocenters. The van der Waals surface area contributed by atoms with Crippen LogP contribution in [0.5, 0.6) is 0 Å². The van der Waals surface area contributed by atoms with Gasteiger partial charge in [0.1, 0.15) is 5.15 Å². The summed E-state index contributed by atoms with van der Waals surface area (Å²) in [4.78, 5) is 7.53. The lowest BCUT2D eigenvalue weighted by molar-refractivity contribution is 1.29. The first-order valence-electron chi connectivity index (χ1n) is 2.89. The summed E-state index contributed by atoms with van der Waals surface area (Å²) in [6.07, 6.45) is 1.49. The monoisotopic (exact) mass is 206 g/mol. The van der Waals surface area contributed by atoms with Crippen molar-refractivity contribution in [3.05, 3.63) is 23.5 Å². The zero-order valence-corrected chi connectivity index (χ0v) is 7.64. The maximum Gasteiger partial charge on any atom is 0.191 e. The molecule has 0 aliphatic heterocycles. The van der Waals surface area contributed by atoms with Crippen molar-refractivity contribution in [1.29, 1.82) is 0 Å². The van der Waals surface area contributed by atoms with Gasteiger partial charge in [0, 0.05) is 0 Å². The largest absolute Gasteiger partial charge is 0.370 e. The molecular formula is C6H8Cl2N4. The smallest absolute Gasteiger partial charge is 0.191 e. The Kier molecular flexibility index (Phi) is 4.39. The molecule has 0 aliphatic carbocycles. The van der Waals surface area contributed by atoms with Crippen LogP contribution in [0.15, 0.2) is 23.3 Å². The second kappa shape index (κ2) is 4.79. The fourth-order valence-electron chi connectivity index (χ4n) is 0.583. The fraction of sp³-hybridized carbons (Fsp3) is 0. The van der Waals surface area contributed by atoms with Gasteiger partial charge in [-0.05, 0) is 12.1 Å². The lowest BCUT2D eigenvalue weighted by atomic mass is 10.4. The summed E-state index contributed by atoms with van der Waals surface area (Å²) < 4.78 is 0. The minimum Gasteiger partial charge on any atom is -0.370 e. The van der Waals surface area contributed by atoms with Crippen molar-refractivity contribution < 1.29 is 0 Å². The number of guanidine groups is 1. The number of hydrogen-bond donors (Lipinski definition) is 2. The Hall–Kier alpha value is -1.00. The van der Waals surface area contributed by atoms with E-state index in [-0.39, 0.29) is 18.4 Å². The number of halogens is 2. The zero-order chi connectivity index (χ0) is 8.27. The molecule has 1 aromatic rings. The molecule has 12 heavy (non-hydrogen) atoms. The van der Waals surface area contributed by atoms with Crippen molar-refractivity contribution in [3.63, 3.8) is 0 Å². The molecule has 6 heteroatoms. The van der Waals surface area contributed by atoms with Crippen molar-refractivity contribution in [2.75, 3.05) is 0 Å². The van der Waals surface area contributed by atoms with Gasteiger partial charge in [-0.2, -0.15) is 0 Å². The standard InChI is InChI=1S/C6H7ClN4.ClH/c7-5-2-1-4(3-10-5)11-6(8)9;/h1-3H,(H4,8,9,11);1H. The Morgan fingerprint density at radius 3 is 2.50 bits per heavy atom. The quantitative estimate of drug-likeness (QED) is 0.410. The van der Waals surface area contributed by atoms with Gasteiger partial charge in [-0.25, -0.2) is 9.98 Å². The van der Waals surface area contributed by atoms with Crippen LogP contribution in [0.3, 0.4) is 0 Å². The minimum atomic E-state index is 0. The molecule has 4 nitrogen and oxygen atoms in total. The summed E-state index contributed by atoms with van der Waals surface area (Å²) in [5.74, 6) is 0.00845. The van der Waals surface area contributed by atoms with Gasteiger partial charge in [0.25, 0.3) is 0 Å². The Labute approximate surface area is 81.0 Å². The third-order valence-corrected chi connectivity index (χ3v) is 1.19. The molecule has 66 valence electrons. The van der Waals surface area contributed by atoms with E-state index in [9.17, 15) is 0 Å². The number of nitrogens with two attached hydrogens (primary N) is 2. The number of nitrogens with zero attached hydrogens (tertiary/aromatic N) is 2. The molecule has 0 unspecified atom stereocenters. The fourth-order valence-corrected chi connectivity index (χ4v) is 0.695. The van der Waals surface area contributed by atoms with E-state index in [2.05, 4.69) is 9.98 Å². The SMILES string of the molecule is Cl.NC(N)=Nc1ccc(Cl)nc1. The summed E-state index contributed by atoms with van der Waals surface area (Å²) in [5, 5.41) is 0.416. The van der Waals surface area contributed by atoms with Crippen molar-refractivity contribution in [2.24, 2.45) is 16.5 Å². The van der Waals surface area contributed by atoms with Gasteiger partial charge in [-0.15, -0.1) is 12.4 Å². The molecule has 0 saturated heterocycles. The van der Waals surface area contributed by atoms with Crippen LogP contribution >= 0.6 is 24.0 Å². The zero-order valence-electron chi connectivity index (χ0n) is 6.07. The van der Waals surface area contributed by atoms with E-state index in [1.165, 1.54) is 6.20 Å².